The summed E-state index contributed by atoms with van der Waals surface area (Å²) in [5, 5.41) is 3.43. The van der Waals surface area contributed by atoms with Gasteiger partial charge in [-0.3, -0.25) is 0 Å². The van der Waals surface area contributed by atoms with Crippen molar-refractivity contribution in [1.29, 1.82) is 0 Å². The first kappa shape index (κ1) is 15.5. The number of benzene rings is 2. The van der Waals surface area contributed by atoms with Crippen LogP contribution in [-0.4, -0.2) is 20.2 Å². The Hall–Kier alpha value is -1.87. The molecule has 0 saturated heterocycles. The Morgan fingerprint density at radius 2 is 1.71 bits per heavy atom. The molecule has 1 N–H and O–H groups in total. The van der Waals surface area contributed by atoms with Gasteiger partial charge in [-0.1, -0.05) is 18.2 Å². The number of methoxy groups -OCH3 is 1. The molecule has 2 aromatic rings. The molecule has 3 heteroatoms. The highest BCUT2D eigenvalue weighted by atomic mass is 19.1. The van der Waals surface area contributed by atoms with Crippen molar-refractivity contribution in [3.63, 3.8) is 0 Å². The van der Waals surface area contributed by atoms with Crippen molar-refractivity contribution in [2.24, 2.45) is 0 Å². The zero-order valence-electron chi connectivity index (χ0n) is 12.7. The van der Waals surface area contributed by atoms with Crippen molar-refractivity contribution >= 4 is 0 Å². The van der Waals surface area contributed by atoms with E-state index in [1.165, 1.54) is 17.2 Å². The van der Waals surface area contributed by atoms with Gasteiger partial charge in [-0.2, -0.15) is 0 Å². The van der Waals surface area contributed by atoms with Gasteiger partial charge < -0.3 is 10.1 Å². The minimum Gasteiger partial charge on any atom is -0.497 e. The quantitative estimate of drug-likeness (QED) is 0.787. The smallest absolute Gasteiger partial charge is 0.123 e. The largest absolute Gasteiger partial charge is 0.497 e. The number of hydrogen-bond acceptors (Lipinski definition) is 2. The fourth-order valence-corrected chi connectivity index (χ4v) is 2.31. The van der Waals surface area contributed by atoms with E-state index < -0.39 is 0 Å². The van der Waals surface area contributed by atoms with Crippen LogP contribution in [0.2, 0.25) is 0 Å². The molecule has 0 aliphatic heterocycles. The topological polar surface area (TPSA) is 21.3 Å². The third-order valence-electron chi connectivity index (χ3n) is 3.63. The first-order valence-corrected chi connectivity index (χ1v) is 7.27. The molecule has 0 aliphatic carbocycles. The second-order valence-electron chi connectivity index (χ2n) is 5.17. The van der Waals surface area contributed by atoms with Crippen LogP contribution in [0.25, 0.3) is 0 Å². The summed E-state index contributed by atoms with van der Waals surface area (Å²) in [4.78, 5) is 0. The first-order chi connectivity index (χ1) is 10.2. The van der Waals surface area contributed by atoms with Gasteiger partial charge in [-0.15, -0.1) is 0 Å². The van der Waals surface area contributed by atoms with Gasteiger partial charge in [0.2, 0.25) is 0 Å². The Morgan fingerprint density at radius 3 is 2.38 bits per heavy atom. The van der Waals surface area contributed by atoms with Crippen LogP contribution in [0.1, 0.15) is 16.7 Å². The Bertz CT molecular complexity index is 566. The van der Waals surface area contributed by atoms with Crippen LogP contribution < -0.4 is 10.1 Å². The molecule has 21 heavy (non-hydrogen) atoms. The predicted octanol–water partition coefficient (Wildman–Crippen LogP) is 3.52. The van der Waals surface area contributed by atoms with Crippen LogP contribution in [0.5, 0.6) is 5.75 Å². The normalized spacial score (nSPS) is 10.6. The van der Waals surface area contributed by atoms with Gasteiger partial charge in [0.05, 0.1) is 7.11 Å². The Kier molecular flexibility index (Phi) is 5.76. The van der Waals surface area contributed by atoms with E-state index in [-0.39, 0.29) is 5.82 Å². The van der Waals surface area contributed by atoms with Crippen LogP contribution in [0.15, 0.2) is 42.5 Å². The van der Waals surface area contributed by atoms with E-state index in [1.54, 1.807) is 13.2 Å². The van der Waals surface area contributed by atoms with E-state index >= 15 is 0 Å². The Morgan fingerprint density at radius 1 is 1.00 bits per heavy atom. The van der Waals surface area contributed by atoms with E-state index in [9.17, 15) is 4.39 Å². The highest BCUT2D eigenvalue weighted by molar-refractivity contribution is 5.28. The molecule has 0 radical (unpaired) electrons. The van der Waals surface area contributed by atoms with Crippen LogP contribution in [-0.2, 0) is 12.8 Å². The number of ether oxygens (including phenoxy) is 1. The average molecular weight is 287 g/mol. The molecule has 2 rings (SSSR count). The number of hydrogen-bond donors (Lipinski definition) is 1. The predicted molar refractivity (Wildman–Crippen MR) is 84.4 cm³/mol. The number of aryl methyl sites for hydroxylation is 1. The van der Waals surface area contributed by atoms with E-state index in [1.807, 2.05) is 25.1 Å². The molecule has 2 aromatic carbocycles. The van der Waals surface area contributed by atoms with Gasteiger partial charge in [0.25, 0.3) is 0 Å². The SMILES string of the molecule is COc1ccc(CCNCCc2ccc(F)cc2C)cc1. The van der Waals surface area contributed by atoms with Crippen LogP contribution in [0.3, 0.4) is 0 Å². The summed E-state index contributed by atoms with van der Waals surface area (Å²) in [5.74, 6) is 0.724. The zero-order valence-corrected chi connectivity index (χ0v) is 12.7. The molecular weight excluding hydrogens is 265 g/mol. The van der Waals surface area contributed by atoms with Gasteiger partial charge in [-0.05, 0) is 73.8 Å². The fourth-order valence-electron chi connectivity index (χ4n) is 2.31. The van der Waals surface area contributed by atoms with Crippen molar-refractivity contribution in [1.82, 2.24) is 5.32 Å². The molecule has 0 spiro atoms. The monoisotopic (exact) mass is 287 g/mol. The number of nitrogens with one attached hydrogen (secondary N) is 1. The van der Waals surface area contributed by atoms with E-state index in [2.05, 4.69) is 17.4 Å². The number of rotatable bonds is 7. The first-order valence-electron chi connectivity index (χ1n) is 7.27. The minimum absolute atomic E-state index is 0.163. The summed E-state index contributed by atoms with van der Waals surface area (Å²) >= 11 is 0. The van der Waals surface area contributed by atoms with Crippen molar-refractivity contribution in [2.75, 3.05) is 20.2 Å². The highest BCUT2D eigenvalue weighted by Gasteiger charge is 2.00. The molecule has 0 saturated carbocycles. The second-order valence-corrected chi connectivity index (χ2v) is 5.17. The van der Waals surface area contributed by atoms with Gasteiger partial charge in [0.15, 0.2) is 0 Å². The summed E-state index contributed by atoms with van der Waals surface area (Å²) in [7, 11) is 1.67. The van der Waals surface area contributed by atoms with Gasteiger partial charge in [0, 0.05) is 0 Å². The Balaban J connectivity index is 1.69. The molecule has 0 atom stereocenters. The van der Waals surface area contributed by atoms with Crippen molar-refractivity contribution in [3.8, 4) is 5.75 Å². The maximum atomic E-state index is 13.0. The molecule has 0 bridgehead atoms. The zero-order chi connectivity index (χ0) is 15.1. The second kappa shape index (κ2) is 7.79. The highest BCUT2D eigenvalue weighted by Crippen LogP contribution is 2.12. The fraction of sp³-hybridized carbons (Fsp3) is 0.333. The third kappa shape index (κ3) is 4.87. The average Bonchev–Trinajstić information content (AvgIpc) is 2.49. The molecule has 0 heterocycles. The molecular formula is C18H22FNO. The lowest BCUT2D eigenvalue weighted by atomic mass is 10.1. The standard InChI is InChI=1S/C18H22FNO/c1-14-13-17(19)6-5-16(14)10-12-20-11-9-15-3-7-18(21-2)8-4-15/h3-8,13,20H,9-12H2,1-2H3. The van der Waals surface area contributed by atoms with Crippen molar-refractivity contribution in [3.05, 3.63) is 65.0 Å². The molecule has 0 aromatic heterocycles. The Labute approximate surface area is 126 Å². The van der Waals surface area contributed by atoms with E-state index in [0.29, 0.717) is 0 Å². The van der Waals surface area contributed by atoms with Crippen molar-refractivity contribution < 1.29 is 9.13 Å². The van der Waals surface area contributed by atoms with E-state index in [4.69, 9.17) is 4.74 Å². The van der Waals surface area contributed by atoms with Gasteiger partial charge >= 0.3 is 0 Å². The van der Waals surface area contributed by atoms with Gasteiger partial charge in [-0.25, -0.2) is 4.39 Å². The molecule has 112 valence electrons. The third-order valence-corrected chi connectivity index (χ3v) is 3.63. The lowest BCUT2D eigenvalue weighted by Crippen LogP contribution is -2.20. The summed E-state index contributed by atoms with van der Waals surface area (Å²) in [6.45, 7) is 3.80. The summed E-state index contributed by atoms with van der Waals surface area (Å²) in [6, 6.07) is 13.1. The van der Waals surface area contributed by atoms with Gasteiger partial charge in [0.1, 0.15) is 11.6 Å². The molecule has 0 fully saturated rings. The minimum atomic E-state index is -0.163. The lowest BCUT2D eigenvalue weighted by molar-refractivity contribution is 0.414. The summed E-state index contributed by atoms with van der Waals surface area (Å²) in [5.41, 5.74) is 3.52. The summed E-state index contributed by atoms with van der Waals surface area (Å²) < 4.78 is 18.1. The molecule has 2 nitrogen and oxygen atoms in total. The van der Waals surface area contributed by atoms with E-state index in [0.717, 1.165) is 37.2 Å². The lowest BCUT2D eigenvalue weighted by Gasteiger charge is -2.08. The molecule has 0 amide bonds. The van der Waals surface area contributed by atoms with Crippen LogP contribution in [0, 0.1) is 12.7 Å². The summed E-state index contributed by atoms with van der Waals surface area (Å²) in [6.07, 6.45) is 1.92. The molecule has 0 unspecified atom stereocenters. The van der Waals surface area contributed by atoms with Crippen LogP contribution in [0.4, 0.5) is 4.39 Å². The number of halogens is 1. The van der Waals surface area contributed by atoms with Crippen molar-refractivity contribution in [2.45, 2.75) is 19.8 Å². The van der Waals surface area contributed by atoms with Crippen LogP contribution >= 0.6 is 0 Å². The molecule has 0 aliphatic rings. The maximum Gasteiger partial charge on any atom is 0.123 e. The maximum absolute atomic E-state index is 13.0.